The Hall–Kier alpha value is -1.88. The summed E-state index contributed by atoms with van der Waals surface area (Å²) in [5.74, 6) is 1.36. The van der Waals surface area contributed by atoms with Crippen LogP contribution in [0.2, 0.25) is 0 Å². The Balaban J connectivity index is 2.20. The van der Waals surface area contributed by atoms with Gasteiger partial charge in [0.05, 0.1) is 12.4 Å². The Morgan fingerprint density at radius 2 is 2.14 bits per heavy atom. The molecule has 0 aromatic carbocycles. The van der Waals surface area contributed by atoms with Crippen molar-refractivity contribution in [2.75, 3.05) is 7.05 Å². The molecule has 1 N–H and O–H groups in total. The predicted octanol–water partition coefficient (Wildman–Crippen LogP) is 3.32. The van der Waals surface area contributed by atoms with Crippen molar-refractivity contribution in [2.24, 2.45) is 0 Å². The van der Waals surface area contributed by atoms with Crippen molar-refractivity contribution in [2.45, 2.75) is 46.2 Å². The molecule has 21 heavy (non-hydrogen) atoms. The van der Waals surface area contributed by atoms with Crippen LogP contribution in [0.4, 0.5) is 0 Å². The molecule has 0 atom stereocenters. The first-order chi connectivity index (χ1) is 10.1. The highest BCUT2D eigenvalue weighted by Gasteiger charge is 2.07. The number of aromatic nitrogens is 3. The second-order valence-corrected chi connectivity index (χ2v) is 5.44. The highest BCUT2D eigenvalue weighted by molar-refractivity contribution is 5.29. The van der Waals surface area contributed by atoms with Gasteiger partial charge in [-0.25, -0.2) is 4.98 Å². The second-order valence-electron chi connectivity index (χ2n) is 5.44. The van der Waals surface area contributed by atoms with Crippen molar-refractivity contribution in [1.29, 1.82) is 0 Å². The molecule has 0 radical (unpaired) electrons. The van der Waals surface area contributed by atoms with Crippen LogP contribution in [0.15, 0.2) is 24.5 Å². The summed E-state index contributed by atoms with van der Waals surface area (Å²) < 4.78 is 7.74. The zero-order chi connectivity index (χ0) is 15.2. The molecule has 0 unspecified atom stereocenters. The number of rotatable bonds is 7. The summed E-state index contributed by atoms with van der Waals surface area (Å²) in [7, 11) is 1.94. The van der Waals surface area contributed by atoms with E-state index >= 15 is 0 Å². The van der Waals surface area contributed by atoms with Crippen LogP contribution in [-0.2, 0) is 13.0 Å². The molecule has 0 fully saturated rings. The maximum absolute atomic E-state index is 5.86. The monoisotopic (exact) mass is 288 g/mol. The Morgan fingerprint density at radius 1 is 1.33 bits per heavy atom. The SMILES string of the molecule is CCCc1cc(CNC)cc(Oc2cnn(C(C)C)c2)n1. The number of hydrogen-bond acceptors (Lipinski definition) is 4. The summed E-state index contributed by atoms with van der Waals surface area (Å²) in [4.78, 5) is 4.57. The Bertz CT molecular complexity index is 553. The number of pyridine rings is 1. The van der Waals surface area contributed by atoms with E-state index in [0.29, 0.717) is 11.9 Å². The molecule has 0 aliphatic carbocycles. The first kappa shape index (κ1) is 15.5. The van der Waals surface area contributed by atoms with Crippen molar-refractivity contribution < 1.29 is 4.74 Å². The Morgan fingerprint density at radius 3 is 2.76 bits per heavy atom. The average Bonchev–Trinajstić information content (AvgIpc) is 2.88. The van der Waals surface area contributed by atoms with Crippen LogP contribution in [-0.4, -0.2) is 21.8 Å². The van der Waals surface area contributed by atoms with E-state index in [1.807, 2.05) is 24.0 Å². The molecule has 0 aliphatic rings. The van der Waals surface area contributed by atoms with Crippen molar-refractivity contribution in [3.05, 3.63) is 35.8 Å². The van der Waals surface area contributed by atoms with E-state index in [9.17, 15) is 0 Å². The molecule has 0 spiro atoms. The lowest BCUT2D eigenvalue weighted by atomic mass is 10.1. The Kier molecular flexibility index (Phi) is 5.33. The fourth-order valence-corrected chi connectivity index (χ4v) is 2.14. The molecule has 5 nitrogen and oxygen atoms in total. The fraction of sp³-hybridized carbons (Fsp3) is 0.500. The first-order valence-corrected chi connectivity index (χ1v) is 7.48. The van der Waals surface area contributed by atoms with E-state index in [0.717, 1.165) is 30.8 Å². The van der Waals surface area contributed by atoms with Crippen molar-refractivity contribution in [3.63, 3.8) is 0 Å². The van der Waals surface area contributed by atoms with Crippen molar-refractivity contribution in [3.8, 4) is 11.6 Å². The van der Waals surface area contributed by atoms with Crippen LogP contribution in [0.1, 0.15) is 44.5 Å². The second kappa shape index (κ2) is 7.22. The van der Waals surface area contributed by atoms with Gasteiger partial charge in [0.1, 0.15) is 0 Å². The van der Waals surface area contributed by atoms with Gasteiger partial charge >= 0.3 is 0 Å². The summed E-state index contributed by atoms with van der Waals surface area (Å²) in [6, 6.07) is 4.42. The third-order valence-corrected chi connectivity index (χ3v) is 3.13. The van der Waals surface area contributed by atoms with Gasteiger partial charge in [-0.3, -0.25) is 4.68 Å². The van der Waals surface area contributed by atoms with Gasteiger partial charge in [0.15, 0.2) is 5.75 Å². The van der Waals surface area contributed by atoms with E-state index in [-0.39, 0.29) is 0 Å². The van der Waals surface area contributed by atoms with Gasteiger partial charge in [0.2, 0.25) is 5.88 Å². The zero-order valence-corrected chi connectivity index (χ0v) is 13.3. The summed E-state index contributed by atoms with van der Waals surface area (Å²) in [5.41, 5.74) is 2.25. The highest BCUT2D eigenvalue weighted by Crippen LogP contribution is 2.22. The molecule has 114 valence electrons. The quantitative estimate of drug-likeness (QED) is 0.849. The summed E-state index contributed by atoms with van der Waals surface area (Å²) >= 11 is 0. The van der Waals surface area contributed by atoms with Crippen LogP contribution >= 0.6 is 0 Å². The first-order valence-electron chi connectivity index (χ1n) is 7.48. The lowest BCUT2D eigenvalue weighted by Crippen LogP contribution is -2.06. The number of hydrogen-bond donors (Lipinski definition) is 1. The molecule has 5 heteroatoms. The maximum atomic E-state index is 5.86. The van der Waals surface area contributed by atoms with E-state index in [1.54, 1.807) is 6.20 Å². The van der Waals surface area contributed by atoms with Gasteiger partial charge in [-0.05, 0) is 38.9 Å². The van der Waals surface area contributed by atoms with E-state index in [1.165, 1.54) is 5.56 Å². The molecule has 2 heterocycles. The molecule has 0 saturated carbocycles. The summed E-state index contributed by atoms with van der Waals surface area (Å²) in [6.07, 6.45) is 5.66. The predicted molar refractivity (Wildman–Crippen MR) is 83.7 cm³/mol. The standard InChI is InChI=1S/C16H24N4O/c1-5-6-14-7-13(9-17-4)8-16(19-14)21-15-10-18-20(11-15)12(2)3/h7-8,10-12,17H,5-6,9H2,1-4H3. The molecule has 0 aliphatic heterocycles. The van der Waals surface area contributed by atoms with Crippen molar-refractivity contribution in [1.82, 2.24) is 20.1 Å². The largest absolute Gasteiger partial charge is 0.436 e. The van der Waals surface area contributed by atoms with E-state index in [2.05, 4.69) is 42.2 Å². The molecule has 0 saturated heterocycles. The van der Waals surface area contributed by atoms with Crippen molar-refractivity contribution >= 4 is 0 Å². The third-order valence-electron chi connectivity index (χ3n) is 3.13. The normalized spacial score (nSPS) is 11.1. The van der Waals surface area contributed by atoms with Gasteiger partial charge < -0.3 is 10.1 Å². The van der Waals surface area contributed by atoms with E-state index in [4.69, 9.17) is 4.74 Å². The molecule has 2 aromatic rings. The molecule has 2 rings (SSSR count). The van der Waals surface area contributed by atoms with Crippen LogP contribution in [0, 0.1) is 0 Å². The number of aryl methyl sites for hydroxylation is 1. The minimum absolute atomic E-state index is 0.321. The molecule has 0 amide bonds. The lowest BCUT2D eigenvalue weighted by Gasteiger charge is -2.08. The van der Waals surface area contributed by atoms with Crippen LogP contribution in [0.25, 0.3) is 0 Å². The van der Waals surface area contributed by atoms with Crippen LogP contribution in [0.3, 0.4) is 0 Å². The highest BCUT2D eigenvalue weighted by atomic mass is 16.5. The zero-order valence-electron chi connectivity index (χ0n) is 13.3. The maximum Gasteiger partial charge on any atom is 0.219 e. The smallest absolute Gasteiger partial charge is 0.219 e. The topological polar surface area (TPSA) is 52.0 Å². The number of ether oxygens (including phenoxy) is 1. The minimum atomic E-state index is 0.321. The van der Waals surface area contributed by atoms with Gasteiger partial charge in [0, 0.05) is 24.3 Å². The number of nitrogens with zero attached hydrogens (tertiary/aromatic N) is 3. The molecule has 2 aromatic heterocycles. The van der Waals surface area contributed by atoms with Gasteiger partial charge in [-0.15, -0.1) is 0 Å². The molecular formula is C16H24N4O. The van der Waals surface area contributed by atoms with E-state index < -0.39 is 0 Å². The van der Waals surface area contributed by atoms with Crippen LogP contribution < -0.4 is 10.1 Å². The summed E-state index contributed by atoms with van der Waals surface area (Å²) in [6.45, 7) is 7.13. The van der Waals surface area contributed by atoms with Gasteiger partial charge in [0.25, 0.3) is 0 Å². The van der Waals surface area contributed by atoms with Gasteiger partial charge in [-0.2, -0.15) is 5.10 Å². The fourth-order valence-electron chi connectivity index (χ4n) is 2.14. The number of nitrogens with one attached hydrogen (secondary N) is 1. The molecular weight excluding hydrogens is 264 g/mol. The Labute approximate surface area is 126 Å². The van der Waals surface area contributed by atoms with Gasteiger partial charge in [-0.1, -0.05) is 13.3 Å². The van der Waals surface area contributed by atoms with Crippen LogP contribution in [0.5, 0.6) is 11.6 Å². The lowest BCUT2D eigenvalue weighted by molar-refractivity contribution is 0.455. The third kappa shape index (κ3) is 4.29. The minimum Gasteiger partial charge on any atom is -0.436 e. The molecule has 0 bridgehead atoms. The summed E-state index contributed by atoms with van der Waals surface area (Å²) in [5, 5.41) is 7.44. The average molecular weight is 288 g/mol.